The van der Waals surface area contributed by atoms with Crippen molar-refractivity contribution < 1.29 is 23.1 Å². The first-order chi connectivity index (χ1) is 16.4. The molecule has 3 aliphatic rings. The molecule has 1 saturated heterocycles. The third-order valence-corrected chi connectivity index (χ3v) is 6.90. The van der Waals surface area contributed by atoms with Crippen LogP contribution in [0.3, 0.4) is 0 Å². The van der Waals surface area contributed by atoms with Gasteiger partial charge in [-0.2, -0.15) is 5.10 Å². The number of amides is 2. The number of hydrogen-bond donors (Lipinski definition) is 0. The number of hydrogen-bond acceptors (Lipinski definition) is 5. The van der Waals surface area contributed by atoms with E-state index < -0.39 is 23.4 Å². The summed E-state index contributed by atoms with van der Waals surface area (Å²) >= 11 is 0. The smallest absolute Gasteiger partial charge is 0.263 e. The lowest BCUT2D eigenvalue weighted by Crippen LogP contribution is -2.24. The van der Waals surface area contributed by atoms with Crippen molar-refractivity contribution in [1.82, 2.24) is 19.7 Å². The highest BCUT2D eigenvalue weighted by Crippen LogP contribution is 2.41. The minimum absolute atomic E-state index is 0.00901. The second-order valence-corrected chi connectivity index (χ2v) is 9.18. The number of rotatable bonds is 4. The second-order valence-electron chi connectivity index (χ2n) is 9.18. The second kappa shape index (κ2) is 7.80. The summed E-state index contributed by atoms with van der Waals surface area (Å²) in [6.07, 6.45) is 7.24. The number of ether oxygens (including phenoxy) is 1. The Kier molecular flexibility index (Phi) is 4.84. The summed E-state index contributed by atoms with van der Waals surface area (Å²) in [5.41, 5.74) is 1.89. The van der Waals surface area contributed by atoms with Crippen LogP contribution in [-0.4, -0.2) is 45.1 Å². The van der Waals surface area contributed by atoms with Crippen LogP contribution in [-0.2, 0) is 4.74 Å². The Balaban J connectivity index is 1.40. The van der Waals surface area contributed by atoms with Gasteiger partial charge in [0.15, 0.2) is 0 Å². The molecule has 1 saturated carbocycles. The van der Waals surface area contributed by atoms with Gasteiger partial charge < -0.3 is 4.74 Å². The molecule has 0 spiro atoms. The molecule has 0 N–H and O–H groups in total. The number of pyridine rings is 1. The van der Waals surface area contributed by atoms with Gasteiger partial charge >= 0.3 is 0 Å². The Morgan fingerprint density at radius 1 is 1.06 bits per heavy atom. The van der Waals surface area contributed by atoms with Crippen LogP contribution in [0.5, 0.6) is 0 Å². The fourth-order valence-corrected chi connectivity index (χ4v) is 4.83. The molecule has 34 heavy (non-hydrogen) atoms. The molecule has 2 atom stereocenters. The number of carbonyl (C=O) groups excluding carboxylic acids is 2. The van der Waals surface area contributed by atoms with Gasteiger partial charge in [-0.15, -0.1) is 0 Å². The van der Waals surface area contributed by atoms with E-state index in [2.05, 4.69) is 10.1 Å². The first kappa shape index (κ1) is 21.1. The third-order valence-electron chi connectivity index (χ3n) is 6.90. The lowest BCUT2D eigenvalue weighted by atomic mass is 9.88. The Hall–Kier alpha value is -3.46. The maximum absolute atomic E-state index is 14.7. The van der Waals surface area contributed by atoms with Gasteiger partial charge in [0.1, 0.15) is 11.6 Å². The number of imide groups is 1. The standard InChI is InChI=1S/C25H22F2N4O3/c1-30-24(32)18-10-20(29-23(22(18)25(30)33)17-5-2-15(26)9-19(17)27)13-6-7-34-21(8-13)14-11-28-31(12-14)16-3-4-16/h2,5,9-13,16,21H,3-4,6-8H2,1H3/t13-,21-/m1/s1. The van der Waals surface area contributed by atoms with Crippen molar-refractivity contribution in [1.29, 1.82) is 0 Å². The summed E-state index contributed by atoms with van der Waals surface area (Å²) in [7, 11) is 1.39. The molecule has 1 aromatic carbocycles. The summed E-state index contributed by atoms with van der Waals surface area (Å²) in [4.78, 5) is 31.3. The molecule has 1 aliphatic carbocycles. The molecule has 4 heterocycles. The normalized spacial score (nSPS) is 22.4. The summed E-state index contributed by atoms with van der Waals surface area (Å²) in [5.74, 6) is -2.63. The molecule has 0 unspecified atom stereocenters. The predicted molar refractivity (Wildman–Crippen MR) is 117 cm³/mol. The zero-order chi connectivity index (χ0) is 23.6. The summed E-state index contributed by atoms with van der Waals surface area (Å²) in [6, 6.07) is 5.24. The van der Waals surface area contributed by atoms with Crippen LogP contribution in [0.15, 0.2) is 36.7 Å². The highest BCUT2D eigenvalue weighted by Gasteiger charge is 2.39. The van der Waals surface area contributed by atoms with Gasteiger partial charge in [-0.3, -0.25) is 24.2 Å². The third kappa shape index (κ3) is 3.42. The number of carbonyl (C=O) groups is 2. The minimum Gasteiger partial charge on any atom is -0.373 e. The summed E-state index contributed by atoms with van der Waals surface area (Å²) < 4.78 is 36.3. The molecule has 7 nitrogen and oxygen atoms in total. The fourth-order valence-electron chi connectivity index (χ4n) is 4.83. The van der Waals surface area contributed by atoms with Crippen molar-refractivity contribution >= 4 is 11.8 Å². The van der Waals surface area contributed by atoms with Crippen molar-refractivity contribution in [2.45, 2.75) is 43.7 Å². The Bertz CT molecular complexity index is 1330. The lowest BCUT2D eigenvalue weighted by Gasteiger charge is -2.29. The van der Waals surface area contributed by atoms with E-state index in [4.69, 9.17) is 4.74 Å². The lowest BCUT2D eigenvalue weighted by molar-refractivity contribution is 0.00460. The molecule has 0 radical (unpaired) electrons. The average Bonchev–Trinajstić information content (AvgIpc) is 3.53. The van der Waals surface area contributed by atoms with Gasteiger partial charge in [0.25, 0.3) is 11.8 Å². The first-order valence-electron chi connectivity index (χ1n) is 11.4. The van der Waals surface area contributed by atoms with E-state index in [1.807, 2.05) is 17.1 Å². The van der Waals surface area contributed by atoms with Crippen LogP contribution in [0.2, 0.25) is 0 Å². The quantitative estimate of drug-likeness (QED) is 0.535. The van der Waals surface area contributed by atoms with E-state index in [0.717, 1.165) is 35.4 Å². The monoisotopic (exact) mass is 464 g/mol. The molecular formula is C25H22F2N4O3. The highest BCUT2D eigenvalue weighted by molar-refractivity contribution is 6.23. The first-order valence-corrected chi connectivity index (χ1v) is 11.4. The number of nitrogens with zero attached hydrogens (tertiary/aromatic N) is 4. The molecular weight excluding hydrogens is 442 g/mol. The van der Waals surface area contributed by atoms with Crippen molar-refractivity contribution in [3.63, 3.8) is 0 Å². The van der Waals surface area contributed by atoms with E-state index in [1.165, 1.54) is 13.1 Å². The van der Waals surface area contributed by atoms with Crippen molar-refractivity contribution in [2.24, 2.45) is 0 Å². The highest BCUT2D eigenvalue weighted by atomic mass is 19.1. The molecule has 174 valence electrons. The Morgan fingerprint density at radius 3 is 2.65 bits per heavy atom. The van der Waals surface area contributed by atoms with Crippen LogP contribution in [0.25, 0.3) is 11.3 Å². The van der Waals surface area contributed by atoms with Gasteiger partial charge in [0.05, 0.1) is 35.2 Å². The van der Waals surface area contributed by atoms with Gasteiger partial charge in [-0.25, -0.2) is 8.78 Å². The maximum Gasteiger partial charge on any atom is 0.263 e. The summed E-state index contributed by atoms with van der Waals surface area (Å²) in [5, 5.41) is 4.46. The van der Waals surface area contributed by atoms with Gasteiger partial charge in [-0.05, 0) is 43.9 Å². The van der Waals surface area contributed by atoms with Crippen LogP contribution >= 0.6 is 0 Å². The van der Waals surface area contributed by atoms with Crippen LogP contribution in [0.1, 0.15) is 75.7 Å². The van der Waals surface area contributed by atoms with Crippen molar-refractivity contribution in [3.05, 3.63) is 70.7 Å². The van der Waals surface area contributed by atoms with Gasteiger partial charge in [0, 0.05) is 48.7 Å². The van der Waals surface area contributed by atoms with Crippen molar-refractivity contribution in [3.8, 4) is 11.3 Å². The Labute approximate surface area is 194 Å². The average molecular weight is 464 g/mol. The minimum atomic E-state index is -0.834. The number of benzene rings is 1. The molecule has 2 aromatic heterocycles. The maximum atomic E-state index is 14.7. The van der Waals surface area contributed by atoms with E-state index in [9.17, 15) is 18.4 Å². The van der Waals surface area contributed by atoms with E-state index in [-0.39, 0.29) is 34.4 Å². The largest absolute Gasteiger partial charge is 0.373 e. The SMILES string of the molecule is CN1C(=O)c2cc([C@@H]3CCO[C@@H](c4cnn(C5CC5)c4)C3)nc(-c3ccc(F)cc3F)c2C1=O. The predicted octanol–water partition coefficient (Wildman–Crippen LogP) is 4.42. The summed E-state index contributed by atoms with van der Waals surface area (Å²) in [6.45, 7) is 0.496. The van der Waals surface area contributed by atoms with E-state index in [1.54, 1.807) is 6.07 Å². The molecule has 2 aliphatic heterocycles. The molecule has 2 amide bonds. The topological polar surface area (TPSA) is 77.3 Å². The zero-order valence-corrected chi connectivity index (χ0v) is 18.5. The molecule has 9 heteroatoms. The Morgan fingerprint density at radius 2 is 1.88 bits per heavy atom. The van der Waals surface area contributed by atoms with Gasteiger partial charge in [-0.1, -0.05) is 0 Å². The number of aromatic nitrogens is 3. The fraction of sp³-hybridized carbons (Fsp3) is 0.360. The molecule has 0 bridgehead atoms. The van der Waals surface area contributed by atoms with Crippen LogP contribution in [0, 0.1) is 11.6 Å². The number of halogens is 2. The zero-order valence-electron chi connectivity index (χ0n) is 18.5. The molecule has 3 aromatic rings. The van der Waals surface area contributed by atoms with Crippen LogP contribution < -0.4 is 0 Å². The number of fused-ring (bicyclic) bond motifs is 1. The molecule has 6 rings (SSSR count). The molecule has 2 fully saturated rings. The van der Waals surface area contributed by atoms with Crippen molar-refractivity contribution in [2.75, 3.05) is 13.7 Å². The van der Waals surface area contributed by atoms with Gasteiger partial charge in [0.2, 0.25) is 0 Å². The van der Waals surface area contributed by atoms with E-state index in [0.29, 0.717) is 31.2 Å². The van der Waals surface area contributed by atoms with Crippen LogP contribution in [0.4, 0.5) is 8.78 Å². The van der Waals surface area contributed by atoms with E-state index >= 15 is 0 Å².